The first-order chi connectivity index (χ1) is 8.76. The lowest BCUT2D eigenvalue weighted by Gasteiger charge is -2.29. The highest BCUT2D eigenvalue weighted by Gasteiger charge is 2.25. The van der Waals surface area contributed by atoms with Gasteiger partial charge in [-0.25, -0.2) is 8.42 Å². The van der Waals surface area contributed by atoms with E-state index in [1.54, 1.807) is 0 Å². The molecule has 1 heterocycles. The summed E-state index contributed by atoms with van der Waals surface area (Å²) in [5.41, 5.74) is -0.490. The summed E-state index contributed by atoms with van der Waals surface area (Å²) in [7, 11) is -2.80. The largest absolute Gasteiger partial charge is 0.301 e. The highest BCUT2D eigenvalue weighted by Crippen LogP contribution is 2.14. The topological polar surface area (TPSA) is 73.2 Å². The van der Waals surface area contributed by atoms with Crippen molar-refractivity contribution >= 4 is 9.84 Å². The molecule has 1 saturated heterocycles. The van der Waals surface area contributed by atoms with Gasteiger partial charge in [-0.3, -0.25) is 5.32 Å². The maximum Gasteiger partial charge on any atom is 0.152 e. The molecule has 1 aliphatic heterocycles. The zero-order valence-corrected chi connectivity index (χ0v) is 13.0. The molecular formula is C13H25N3O2S. The molecule has 0 bridgehead atoms. The Morgan fingerprint density at radius 3 is 2.42 bits per heavy atom. The van der Waals surface area contributed by atoms with Crippen LogP contribution < -0.4 is 5.32 Å². The summed E-state index contributed by atoms with van der Waals surface area (Å²) >= 11 is 0. The van der Waals surface area contributed by atoms with E-state index < -0.39 is 15.4 Å². The first kappa shape index (κ1) is 16.4. The van der Waals surface area contributed by atoms with Crippen LogP contribution in [-0.2, 0) is 9.84 Å². The molecule has 0 spiro atoms. The Labute approximate surface area is 116 Å². The molecule has 1 N–H and O–H groups in total. The molecule has 1 unspecified atom stereocenters. The molecule has 0 amide bonds. The third-order valence-corrected chi connectivity index (χ3v) is 5.05. The molecule has 0 saturated carbocycles. The smallest absolute Gasteiger partial charge is 0.152 e. The fourth-order valence-corrected chi connectivity index (χ4v) is 3.70. The lowest BCUT2D eigenvalue weighted by molar-refractivity contribution is 0.271. The van der Waals surface area contributed by atoms with E-state index in [0.717, 1.165) is 19.4 Å². The van der Waals surface area contributed by atoms with Gasteiger partial charge in [0.15, 0.2) is 9.84 Å². The summed E-state index contributed by atoms with van der Waals surface area (Å²) in [6, 6.07) is 2.62. The number of hydrogen-bond donors (Lipinski definition) is 1. The van der Waals surface area contributed by atoms with Crippen molar-refractivity contribution in [2.75, 3.05) is 31.1 Å². The van der Waals surface area contributed by atoms with Crippen molar-refractivity contribution in [3.05, 3.63) is 0 Å². The minimum Gasteiger partial charge on any atom is -0.301 e. The second kappa shape index (κ2) is 6.69. The Hall–Kier alpha value is -0.640. The molecule has 5 nitrogen and oxygen atoms in total. The van der Waals surface area contributed by atoms with Gasteiger partial charge in [-0.15, -0.1) is 0 Å². The van der Waals surface area contributed by atoms with Crippen molar-refractivity contribution in [3.8, 4) is 6.07 Å². The Morgan fingerprint density at radius 2 is 1.95 bits per heavy atom. The van der Waals surface area contributed by atoms with Crippen molar-refractivity contribution < 1.29 is 8.42 Å². The Kier molecular flexibility index (Phi) is 5.78. The summed E-state index contributed by atoms with van der Waals surface area (Å²) in [4.78, 5) is 2.17. The molecule has 0 radical (unpaired) electrons. The minimum atomic E-state index is -2.80. The Bertz CT molecular complexity index is 414. The highest BCUT2D eigenvalue weighted by atomic mass is 32.2. The molecular weight excluding hydrogens is 262 g/mol. The van der Waals surface area contributed by atoms with E-state index in [0.29, 0.717) is 13.1 Å². The van der Waals surface area contributed by atoms with E-state index in [2.05, 4.69) is 16.3 Å². The molecule has 110 valence electrons. The molecule has 0 aliphatic carbocycles. The number of nitriles is 1. The average molecular weight is 287 g/mol. The first-order valence-electron chi connectivity index (χ1n) is 6.88. The van der Waals surface area contributed by atoms with Crippen molar-refractivity contribution in [1.82, 2.24) is 10.2 Å². The van der Waals surface area contributed by atoms with Gasteiger partial charge >= 0.3 is 0 Å². The molecule has 0 aromatic carbocycles. The third kappa shape index (κ3) is 5.89. The highest BCUT2D eigenvalue weighted by molar-refractivity contribution is 7.91. The lowest BCUT2D eigenvalue weighted by atomic mass is 9.96. The van der Waals surface area contributed by atoms with Crippen molar-refractivity contribution in [1.29, 1.82) is 5.26 Å². The van der Waals surface area contributed by atoms with Crippen LogP contribution in [0.1, 0.15) is 33.6 Å². The number of nitrogens with one attached hydrogen (secondary N) is 1. The maximum absolute atomic E-state index is 11.3. The van der Waals surface area contributed by atoms with Crippen LogP contribution in [0.4, 0.5) is 0 Å². The zero-order valence-electron chi connectivity index (χ0n) is 12.1. The molecule has 0 aromatic heterocycles. The van der Waals surface area contributed by atoms with Crippen molar-refractivity contribution in [2.24, 2.45) is 0 Å². The van der Waals surface area contributed by atoms with E-state index in [1.807, 2.05) is 20.8 Å². The van der Waals surface area contributed by atoms with E-state index in [4.69, 9.17) is 0 Å². The van der Waals surface area contributed by atoms with Gasteiger partial charge in [-0.2, -0.15) is 5.26 Å². The molecule has 1 atom stereocenters. The summed E-state index contributed by atoms with van der Waals surface area (Å²) < 4.78 is 22.6. The molecule has 1 rings (SSSR count). The fourth-order valence-electron chi connectivity index (χ4n) is 2.43. The Morgan fingerprint density at radius 1 is 1.37 bits per heavy atom. The Balaban J connectivity index is 2.32. The minimum absolute atomic E-state index is 0.271. The number of hydrogen-bond acceptors (Lipinski definition) is 5. The van der Waals surface area contributed by atoms with Gasteiger partial charge in [-0.05, 0) is 40.2 Å². The predicted octanol–water partition coefficient (Wildman–Crippen LogP) is 0.777. The van der Waals surface area contributed by atoms with E-state index >= 15 is 0 Å². The molecule has 1 aliphatic rings. The summed E-state index contributed by atoms with van der Waals surface area (Å²) in [5.74, 6) is 0.541. The summed E-state index contributed by atoms with van der Waals surface area (Å²) in [6.45, 7) is 8.11. The molecule has 19 heavy (non-hydrogen) atoms. The lowest BCUT2D eigenvalue weighted by Crippen LogP contribution is -2.46. The van der Waals surface area contributed by atoms with Crippen molar-refractivity contribution in [2.45, 2.75) is 45.2 Å². The van der Waals surface area contributed by atoms with Crippen LogP contribution in [0.25, 0.3) is 0 Å². The average Bonchev–Trinajstić information content (AvgIpc) is 2.30. The van der Waals surface area contributed by atoms with Crippen LogP contribution in [0.15, 0.2) is 0 Å². The van der Waals surface area contributed by atoms with Gasteiger partial charge in [-0.1, -0.05) is 0 Å². The van der Waals surface area contributed by atoms with Gasteiger partial charge in [0.1, 0.15) is 5.54 Å². The molecule has 1 fully saturated rings. The van der Waals surface area contributed by atoms with Crippen LogP contribution in [0, 0.1) is 11.3 Å². The molecule has 6 heteroatoms. The normalized spacial score (nSPS) is 22.9. The summed E-state index contributed by atoms with van der Waals surface area (Å²) in [5, 5.41) is 12.5. The third-order valence-electron chi connectivity index (χ3n) is 3.44. The van der Waals surface area contributed by atoms with Gasteiger partial charge in [0.2, 0.25) is 0 Å². The molecule has 0 aromatic rings. The van der Waals surface area contributed by atoms with Crippen LogP contribution >= 0.6 is 0 Å². The first-order valence-corrected chi connectivity index (χ1v) is 8.70. The monoisotopic (exact) mass is 287 g/mol. The summed E-state index contributed by atoms with van der Waals surface area (Å²) in [6.07, 6.45) is 1.69. The van der Waals surface area contributed by atoms with Crippen LogP contribution in [0.5, 0.6) is 0 Å². The van der Waals surface area contributed by atoms with Gasteiger partial charge in [0.05, 0.1) is 17.6 Å². The second-order valence-electron chi connectivity index (χ2n) is 5.84. The SMILES string of the molecule is CC(C)NC(C)(C#N)CCCN1CCS(=O)(=O)CC1. The van der Waals surface area contributed by atoms with Gasteiger partial charge < -0.3 is 4.90 Å². The number of sulfone groups is 1. The zero-order chi connectivity index (χ0) is 14.5. The number of rotatable bonds is 6. The fraction of sp³-hybridized carbons (Fsp3) is 0.923. The van der Waals surface area contributed by atoms with Gasteiger partial charge in [0, 0.05) is 19.1 Å². The van der Waals surface area contributed by atoms with E-state index in [1.165, 1.54) is 0 Å². The number of nitrogens with zero attached hydrogens (tertiary/aromatic N) is 2. The predicted molar refractivity (Wildman–Crippen MR) is 76.6 cm³/mol. The van der Waals surface area contributed by atoms with Crippen molar-refractivity contribution in [3.63, 3.8) is 0 Å². The standard InChI is InChI=1S/C13H25N3O2S/c1-12(2)15-13(3,11-14)5-4-6-16-7-9-19(17,18)10-8-16/h12,15H,4-10H2,1-3H3. The quantitative estimate of drug-likeness (QED) is 0.781. The van der Waals surface area contributed by atoms with Crippen LogP contribution in [-0.4, -0.2) is 56.0 Å². The van der Waals surface area contributed by atoms with Gasteiger partial charge in [0.25, 0.3) is 0 Å². The van der Waals surface area contributed by atoms with Crippen LogP contribution in [0.2, 0.25) is 0 Å². The van der Waals surface area contributed by atoms with E-state index in [9.17, 15) is 13.7 Å². The maximum atomic E-state index is 11.3. The van der Waals surface area contributed by atoms with E-state index in [-0.39, 0.29) is 17.5 Å². The van der Waals surface area contributed by atoms with Crippen LogP contribution in [0.3, 0.4) is 0 Å². The second-order valence-corrected chi connectivity index (χ2v) is 8.14.